The minimum Gasteiger partial charge on any atom is -0.262 e. The van der Waals surface area contributed by atoms with Crippen molar-refractivity contribution in [3.63, 3.8) is 0 Å². The van der Waals surface area contributed by atoms with Crippen molar-refractivity contribution in [1.82, 2.24) is 0 Å². The van der Waals surface area contributed by atoms with Crippen molar-refractivity contribution in [1.29, 1.82) is 0 Å². The molecular formula is C23H23NO2S. The Hall–Kier alpha value is -2.85. The fourth-order valence-corrected chi connectivity index (χ4v) is 4.34. The van der Waals surface area contributed by atoms with E-state index in [1.165, 1.54) is 4.31 Å². The Labute approximate surface area is 161 Å². The van der Waals surface area contributed by atoms with E-state index in [0.29, 0.717) is 5.69 Å². The van der Waals surface area contributed by atoms with E-state index in [9.17, 15) is 8.42 Å². The van der Waals surface area contributed by atoms with E-state index in [-0.39, 0.29) is 11.4 Å². The molecule has 0 saturated carbocycles. The smallest absolute Gasteiger partial charge is 0.262 e. The molecule has 3 nitrogen and oxygen atoms in total. The van der Waals surface area contributed by atoms with Gasteiger partial charge in [-0.25, -0.2) is 8.42 Å². The standard InChI is InChI=1S/C23H23NO2S/c1-18-12-14-23(15-13-18)27(25,26)24(22-10-5-4-6-11-22)17-20(3)21-9-7-8-19(2)16-21/h4-16H,3,17H2,1-2H3. The maximum absolute atomic E-state index is 13.4. The monoisotopic (exact) mass is 377 g/mol. The van der Waals surface area contributed by atoms with E-state index in [4.69, 9.17) is 0 Å². The number of para-hydroxylation sites is 1. The summed E-state index contributed by atoms with van der Waals surface area (Å²) in [4.78, 5) is 0.272. The molecule has 0 atom stereocenters. The zero-order valence-corrected chi connectivity index (χ0v) is 16.4. The normalized spacial score (nSPS) is 11.2. The van der Waals surface area contributed by atoms with Gasteiger partial charge >= 0.3 is 0 Å². The van der Waals surface area contributed by atoms with Crippen molar-refractivity contribution in [3.8, 4) is 0 Å². The van der Waals surface area contributed by atoms with Crippen LogP contribution in [0.25, 0.3) is 5.57 Å². The number of aryl methyl sites for hydroxylation is 2. The first-order chi connectivity index (χ1) is 12.9. The lowest BCUT2D eigenvalue weighted by molar-refractivity contribution is 0.593. The van der Waals surface area contributed by atoms with Crippen molar-refractivity contribution < 1.29 is 8.42 Å². The zero-order valence-electron chi connectivity index (χ0n) is 15.6. The van der Waals surface area contributed by atoms with E-state index < -0.39 is 10.0 Å². The molecule has 0 N–H and O–H groups in total. The Bertz CT molecular complexity index is 1040. The molecule has 0 bridgehead atoms. The van der Waals surface area contributed by atoms with Crippen LogP contribution in [0.3, 0.4) is 0 Å². The molecule has 0 heterocycles. The highest BCUT2D eigenvalue weighted by atomic mass is 32.2. The van der Waals surface area contributed by atoms with E-state index >= 15 is 0 Å². The van der Waals surface area contributed by atoms with Gasteiger partial charge in [0.1, 0.15) is 0 Å². The molecule has 0 aromatic heterocycles. The van der Waals surface area contributed by atoms with Gasteiger partial charge in [0.2, 0.25) is 0 Å². The lowest BCUT2D eigenvalue weighted by Crippen LogP contribution is -2.32. The Morgan fingerprint density at radius 1 is 0.852 bits per heavy atom. The maximum Gasteiger partial charge on any atom is 0.264 e. The van der Waals surface area contributed by atoms with Crippen molar-refractivity contribution in [2.75, 3.05) is 10.8 Å². The summed E-state index contributed by atoms with van der Waals surface area (Å²) in [6, 6.07) is 24.0. The third kappa shape index (κ3) is 4.29. The molecule has 138 valence electrons. The molecule has 0 amide bonds. The molecule has 27 heavy (non-hydrogen) atoms. The number of hydrogen-bond acceptors (Lipinski definition) is 2. The number of sulfonamides is 1. The first-order valence-corrected chi connectivity index (χ1v) is 10.2. The van der Waals surface area contributed by atoms with Gasteiger partial charge in [0.05, 0.1) is 17.1 Å². The fourth-order valence-electron chi connectivity index (χ4n) is 2.88. The lowest BCUT2D eigenvalue weighted by atomic mass is 10.1. The summed E-state index contributed by atoms with van der Waals surface area (Å²) in [5.41, 5.74) is 4.44. The second kappa shape index (κ2) is 7.80. The van der Waals surface area contributed by atoms with Crippen LogP contribution in [-0.2, 0) is 10.0 Å². The van der Waals surface area contributed by atoms with Crippen LogP contribution in [0.4, 0.5) is 5.69 Å². The molecule has 4 heteroatoms. The third-order valence-corrected chi connectivity index (χ3v) is 6.20. The predicted octanol–water partition coefficient (Wildman–Crippen LogP) is 5.21. The van der Waals surface area contributed by atoms with Gasteiger partial charge in [-0.1, -0.05) is 72.3 Å². The third-order valence-electron chi connectivity index (χ3n) is 4.41. The number of nitrogens with zero attached hydrogens (tertiary/aromatic N) is 1. The van der Waals surface area contributed by atoms with Crippen molar-refractivity contribution in [3.05, 3.63) is 102 Å². The SMILES string of the molecule is C=C(CN(c1ccccc1)S(=O)(=O)c1ccc(C)cc1)c1cccc(C)c1. The van der Waals surface area contributed by atoms with Crippen LogP contribution in [0, 0.1) is 13.8 Å². The second-order valence-electron chi connectivity index (χ2n) is 6.63. The summed E-state index contributed by atoms with van der Waals surface area (Å²) < 4.78 is 28.1. The van der Waals surface area contributed by atoms with Crippen molar-refractivity contribution in [2.45, 2.75) is 18.7 Å². The molecule has 0 aliphatic heterocycles. The molecule has 0 aliphatic rings. The molecule has 0 unspecified atom stereocenters. The van der Waals surface area contributed by atoms with Gasteiger partial charge in [0, 0.05) is 0 Å². The number of hydrogen-bond donors (Lipinski definition) is 0. The van der Waals surface area contributed by atoms with E-state index in [0.717, 1.165) is 22.3 Å². The van der Waals surface area contributed by atoms with E-state index in [2.05, 4.69) is 6.58 Å². The predicted molar refractivity (Wildman–Crippen MR) is 112 cm³/mol. The van der Waals surface area contributed by atoms with E-state index in [1.807, 2.05) is 68.4 Å². The van der Waals surface area contributed by atoms with Crippen LogP contribution >= 0.6 is 0 Å². The van der Waals surface area contributed by atoms with Gasteiger partial charge in [-0.2, -0.15) is 0 Å². The quantitative estimate of drug-likeness (QED) is 0.591. The minimum atomic E-state index is -3.71. The summed E-state index contributed by atoms with van der Waals surface area (Å²) in [5, 5.41) is 0. The highest BCUT2D eigenvalue weighted by molar-refractivity contribution is 7.92. The van der Waals surface area contributed by atoms with Gasteiger partial charge in [0.25, 0.3) is 10.0 Å². The fraction of sp³-hybridized carbons (Fsp3) is 0.130. The summed E-state index contributed by atoms with van der Waals surface area (Å²) in [6.07, 6.45) is 0. The lowest BCUT2D eigenvalue weighted by Gasteiger charge is -2.26. The number of rotatable bonds is 6. The zero-order chi connectivity index (χ0) is 19.4. The summed E-state index contributed by atoms with van der Waals surface area (Å²) >= 11 is 0. The molecule has 3 aromatic rings. The molecule has 0 radical (unpaired) electrons. The van der Waals surface area contributed by atoms with Gasteiger partial charge < -0.3 is 0 Å². The average molecular weight is 378 g/mol. The highest BCUT2D eigenvalue weighted by Gasteiger charge is 2.25. The average Bonchev–Trinajstić information content (AvgIpc) is 2.67. The molecular weight excluding hydrogens is 354 g/mol. The van der Waals surface area contributed by atoms with Crippen LogP contribution in [0.2, 0.25) is 0 Å². The molecule has 0 spiro atoms. The molecule has 0 fully saturated rings. The summed E-state index contributed by atoms with van der Waals surface area (Å²) in [6.45, 7) is 8.27. The van der Waals surface area contributed by atoms with Gasteiger partial charge in [-0.05, 0) is 49.2 Å². The van der Waals surface area contributed by atoms with Crippen LogP contribution in [0.5, 0.6) is 0 Å². The summed E-state index contributed by atoms with van der Waals surface area (Å²) in [5.74, 6) is 0. The topological polar surface area (TPSA) is 37.4 Å². The van der Waals surface area contributed by atoms with Gasteiger partial charge in [-0.3, -0.25) is 4.31 Å². The minimum absolute atomic E-state index is 0.184. The van der Waals surface area contributed by atoms with Crippen LogP contribution in [0.1, 0.15) is 16.7 Å². The van der Waals surface area contributed by atoms with E-state index in [1.54, 1.807) is 24.3 Å². The highest BCUT2D eigenvalue weighted by Crippen LogP contribution is 2.27. The van der Waals surface area contributed by atoms with Gasteiger partial charge in [0.15, 0.2) is 0 Å². The molecule has 3 rings (SSSR count). The Morgan fingerprint density at radius 3 is 2.15 bits per heavy atom. The number of anilines is 1. The second-order valence-corrected chi connectivity index (χ2v) is 8.50. The van der Waals surface area contributed by atoms with Crippen LogP contribution in [0.15, 0.2) is 90.3 Å². The Balaban J connectivity index is 2.01. The summed E-state index contributed by atoms with van der Waals surface area (Å²) in [7, 11) is -3.71. The number of benzene rings is 3. The Kier molecular flexibility index (Phi) is 5.47. The van der Waals surface area contributed by atoms with Crippen LogP contribution in [-0.4, -0.2) is 15.0 Å². The maximum atomic E-state index is 13.4. The Morgan fingerprint density at radius 2 is 1.52 bits per heavy atom. The first kappa shape index (κ1) is 18.9. The molecule has 0 saturated heterocycles. The van der Waals surface area contributed by atoms with Crippen molar-refractivity contribution >= 4 is 21.3 Å². The largest absolute Gasteiger partial charge is 0.264 e. The molecule has 3 aromatic carbocycles. The van der Waals surface area contributed by atoms with Crippen LogP contribution < -0.4 is 4.31 Å². The van der Waals surface area contributed by atoms with Crippen molar-refractivity contribution in [2.24, 2.45) is 0 Å². The first-order valence-electron chi connectivity index (χ1n) is 8.77. The molecule has 0 aliphatic carbocycles. The van der Waals surface area contributed by atoms with Gasteiger partial charge in [-0.15, -0.1) is 0 Å².